The first-order valence-corrected chi connectivity index (χ1v) is 6.55. The van der Waals surface area contributed by atoms with Crippen molar-refractivity contribution in [3.63, 3.8) is 0 Å². The predicted octanol–water partition coefficient (Wildman–Crippen LogP) is -0.475. The van der Waals surface area contributed by atoms with Crippen LogP contribution in [0.5, 0.6) is 0 Å². The number of carbonyl (C=O) groups is 3. The largest absolute Gasteiger partial charge is 0.328 e. The van der Waals surface area contributed by atoms with Gasteiger partial charge in [-0.25, -0.2) is 4.79 Å². The molecule has 0 saturated carbocycles. The summed E-state index contributed by atoms with van der Waals surface area (Å²) in [4.78, 5) is 40.1. The minimum Gasteiger partial charge on any atom is -0.302 e. The van der Waals surface area contributed by atoms with Crippen molar-refractivity contribution in [3.8, 4) is 0 Å². The predicted molar refractivity (Wildman–Crippen MR) is 68.8 cm³/mol. The summed E-state index contributed by atoms with van der Waals surface area (Å²) in [5, 5.41) is 4.08. The number of urea groups is 1. The van der Waals surface area contributed by atoms with E-state index in [1.165, 1.54) is 25.5 Å². The van der Waals surface area contributed by atoms with Crippen LogP contribution in [0.4, 0.5) is 4.79 Å². The van der Waals surface area contributed by atoms with Crippen molar-refractivity contribution in [3.05, 3.63) is 0 Å². The lowest BCUT2D eigenvalue weighted by Gasteiger charge is -2.25. The topological polar surface area (TPSA) is 90.9 Å². The number of amides is 4. The van der Waals surface area contributed by atoms with Gasteiger partial charge in [0, 0.05) is 12.8 Å². The van der Waals surface area contributed by atoms with Crippen molar-refractivity contribution >= 4 is 24.1 Å². The van der Waals surface area contributed by atoms with Gasteiger partial charge in [-0.3, -0.25) is 25.2 Å². The molecule has 7 heteroatoms. The maximum Gasteiger partial charge on any atom is 0.328 e. The summed E-state index contributed by atoms with van der Waals surface area (Å²) in [5.41, 5.74) is 0. The summed E-state index contributed by atoms with van der Waals surface area (Å²) in [5.74, 6) is -2.23. The Bertz CT molecular complexity index is 382. The molecule has 2 heterocycles. The first-order valence-electron chi connectivity index (χ1n) is 6.55. The Labute approximate surface area is 111 Å². The Kier molecular flexibility index (Phi) is 4.62. The maximum absolute atomic E-state index is 11.4. The quantitative estimate of drug-likeness (QED) is 0.531. The highest BCUT2D eigenvalue weighted by atomic mass is 16.2. The number of hydrogen-bond donors (Lipinski definition) is 2. The van der Waals surface area contributed by atoms with E-state index in [0.717, 1.165) is 19.6 Å². The number of carbonyl (C=O) groups excluding carboxylic acids is 3. The molecule has 0 radical (unpaired) electrons. The van der Waals surface area contributed by atoms with Crippen molar-refractivity contribution in [1.29, 1.82) is 0 Å². The summed E-state index contributed by atoms with van der Waals surface area (Å²) in [6.07, 6.45) is 5.05. The van der Waals surface area contributed by atoms with Crippen LogP contribution in [0.15, 0.2) is 4.99 Å². The van der Waals surface area contributed by atoms with Crippen LogP contribution in [0.3, 0.4) is 0 Å². The molecule has 0 aromatic heterocycles. The van der Waals surface area contributed by atoms with Gasteiger partial charge in [-0.05, 0) is 25.9 Å². The number of piperidine rings is 1. The Morgan fingerprint density at radius 3 is 2.37 bits per heavy atom. The van der Waals surface area contributed by atoms with Crippen LogP contribution < -0.4 is 10.6 Å². The molecule has 19 heavy (non-hydrogen) atoms. The van der Waals surface area contributed by atoms with Crippen molar-refractivity contribution in [2.75, 3.05) is 26.2 Å². The number of rotatable bonds is 4. The van der Waals surface area contributed by atoms with Gasteiger partial charge in [0.15, 0.2) is 5.92 Å². The monoisotopic (exact) mass is 266 g/mol. The van der Waals surface area contributed by atoms with Crippen LogP contribution in [0.1, 0.15) is 19.3 Å². The highest BCUT2D eigenvalue weighted by Crippen LogP contribution is 2.07. The second kappa shape index (κ2) is 6.42. The summed E-state index contributed by atoms with van der Waals surface area (Å²) < 4.78 is 0. The van der Waals surface area contributed by atoms with Crippen LogP contribution in [0.2, 0.25) is 0 Å². The highest BCUT2D eigenvalue weighted by Gasteiger charge is 2.32. The van der Waals surface area contributed by atoms with Crippen molar-refractivity contribution in [1.82, 2.24) is 15.5 Å². The first kappa shape index (κ1) is 13.7. The summed E-state index contributed by atoms with van der Waals surface area (Å²) in [6.45, 7) is 3.58. The molecule has 0 spiro atoms. The zero-order valence-electron chi connectivity index (χ0n) is 10.7. The third kappa shape index (κ3) is 3.85. The van der Waals surface area contributed by atoms with E-state index in [0.29, 0.717) is 6.54 Å². The minimum atomic E-state index is -1.00. The number of nitrogens with one attached hydrogen (secondary N) is 2. The number of barbiturate groups is 1. The fraction of sp³-hybridized carbons (Fsp3) is 0.667. The zero-order chi connectivity index (χ0) is 13.7. The lowest BCUT2D eigenvalue weighted by molar-refractivity contribution is -0.132. The fourth-order valence-corrected chi connectivity index (χ4v) is 2.23. The summed E-state index contributed by atoms with van der Waals surface area (Å²) >= 11 is 0. The van der Waals surface area contributed by atoms with Gasteiger partial charge in [-0.2, -0.15) is 0 Å². The molecule has 0 aliphatic carbocycles. The van der Waals surface area contributed by atoms with E-state index < -0.39 is 23.8 Å². The van der Waals surface area contributed by atoms with Gasteiger partial charge in [0.1, 0.15) is 0 Å². The molecule has 104 valence electrons. The Morgan fingerprint density at radius 2 is 1.74 bits per heavy atom. The van der Waals surface area contributed by atoms with Gasteiger partial charge >= 0.3 is 6.03 Å². The van der Waals surface area contributed by atoms with Crippen molar-refractivity contribution in [2.45, 2.75) is 19.3 Å². The molecule has 0 unspecified atom stereocenters. The van der Waals surface area contributed by atoms with Gasteiger partial charge in [0.25, 0.3) is 0 Å². The van der Waals surface area contributed by atoms with Gasteiger partial charge in [0.2, 0.25) is 11.8 Å². The Hall–Kier alpha value is -1.76. The third-order valence-electron chi connectivity index (χ3n) is 3.29. The molecule has 2 aliphatic rings. The van der Waals surface area contributed by atoms with Crippen LogP contribution in [0.25, 0.3) is 0 Å². The summed E-state index contributed by atoms with van der Waals surface area (Å²) in [7, 11) is 0. The van der Waals surface area contributed by atoms with E-state index in [1.807, 2.05) is 10.6 Å². The zero-order valence-corrected chi connectivity index (χ0v) is 10.7. The fourth-order valence-electron chi connectivity index (χ4n) is 2.23. The number of imide groups is 2. The molecular formula is C12H18N4O3. The summed E-state index contributed by atoms with van der Waals surface area (Å²) in [6, 6.07) is -0.770. The Balaban J connectivity index is 1.76. The molecule has 2 N–H and O–H groups in total. The van der Waals surface area contributed by atoms with E-state index in [4.69, 9.17) is 0 Å². The lowest BCUT2D eigenvalue weighted by Crippen LogP contribution is -2.56. The normalized spacial score (nSPS) is 22.6. The molecule has 2 fully saturated rings. The second-order valence-corrected chi connectivity index (χ2v) is 4.74. The van der Waals surface area contributed by atoms with Gasteiger partial charge in [0.05, 0.1) is 6.54 Å². The highest BCUT2D eigenvalue weighted by molar-refractivity contribution is 6.23. The molecule has 2 saturated heterocycles. The molecule has 0 aromatic carbocycles. The van der Waals surface area contributed by atoms with Gasteiger partial charge < -0.3 is 4.90 Å². The van der Waals surface area contributed by atoms with Gasteiger partial charge in [-0.1, -0.05) is 6.42 Å². The lowest BCUT2D eigenvalue weighted by atomic mass is 10.1. The van der Waals surface area contributed by atoms with E-state index in [-0.39, 0.29) is 0 Å². The average Bonchev–Trinajstić information content (AvgIpc) is 2.38. The third-order valence-corrected chi connectivity index (χ3v) is 3.29. The SMILES string of the molecule is O=C1NC(=O)C(C=NCCN2CCCCC2)C(=O)N1. The van der Waals surface area contributed by atoms with Crippen LogP contribution in [-0.4, -0.2) is 55.1 Å². The molecule has 2 rings (SSSR count). The van der Waals surface area contributed by atoms with Crippen molar-refractivity contribution in [2.24, 2.45) is 10.9 Å². The Morgan fingerprint density at radius 1 is 1.11 bits per heavy atom. The molecule has 0 bridgehead atoms. The number of likely N-dealkylation sites (tertiary alicyclic amines) is 1. The van der Waals surface area contributed by atoms with E-state index >= 15 is 0 Å². The van der Waals surface area contributed by atoms with Crippen LogP contribution in [-0.2, 0) is 9.59 Å². The van der Waals surface area contributed by atoms with E-state index in [9.17, 15) is 14.4 Å². The average molecular weight is 266 g/mol. The molecule has 0 aromatic rings. The van der Waals surface area contributed by atoms with Crippen molar-refractivity contribution < 1.29 is 14.4 Å². The second-order valence-electron chi connectivity index (χ2n) is 4.74. The molecular weight excluding hydrogens is 248 g/mol. The van der Waals surface area contributed by atoms with Crippen LogP contribution in [0, 0.1) is 5.92 Å². The van der Waals surface area contributed by atoms with E-state index in [2.05, 4.69) is 9.89 Å². The standard InChI is InChI=1S/C12H18N4O3/c17-10-9(11(18)15-12(19)14-10)8-13-4-7-16-5-2-1-3-6-16/h8-9H,1-7H2,(H2,14,15,17,18,19). The number of nitrogens with zero attached hydrogens (tertiary/aromatic N) is 2. The van der Waals surface area contributed by atoms with E-state index in [1.54, 1.807) is 0 Å². The van der Waals surface area contributed by atoms with Gasteiger partial charge in [-0.15, -0.1) is 0 Å². The molecule has 7 nitrogen and oxygen atoms in total. The number of aliphatic imine (C=N–C) groups is 1. The number of hydrogen-bond acceptors (Lipinski definition) is 5. The minimum absolute atomic E-state index is 0.561. The first-order chi connectivity index (χ1) is 9.16. The smallest absolute Gasteiger partial charge is 0.302 e. The molecule has 0 atom stereocenters. The van der Waals surface area contributed by atoms with Crippen LogP contribution >= 0.6 is 0 Å². The molecule has 2 aliphatic heterocycles. The maximum atomic E-state index is 11.4. The molecule has 4 amide bonds.